The Balaban J connectivity index is 1.60. The van der Waals surface area contributed by atoms with E-state index in [2.05, 4.69) is 4.90 Å². The minimum Gasteiger partial charge on any atom is -0.346 e. The van der Waals surface area contributed by atoms with Crippen molar-refractivity contribution in [1.82, 2.24) is 4.90 Å². The SMILES string of the molecule is C1CCC(N2CCC3(C2)OCCO3)CC1. The van der Waals surface area contributed by atoms with Gasteiger partial charge in [-0.1, -0.05) is 19.3 Å². The maximum atomic E-state index is 5.76. The van der Waals surface area contributed by atoms with Gasteiger partial charge in [-0.25, -0.2) is 0 Å². The second kappa shape index (κ2) is 4.04. The summed E-state index contributed by atoms with van der Waals surface area (Å²) >= 11 is 0. The van der Waals surface area contributed by atoms with Crippen LogP contribution in [0.25, 0.3) is 0 Å². The highest BCUT2D eigenvalue weighted by molar-refractivity contribution is 4.90. The van der Waals surface area contributed by atoms with Crippen molar-refractivity contribution in [2.45, 2.75) is 50.4 Å². The summed E-state index contributed by atoms with van der Waals surface area (Å²) < 4.78 is 11.5. The molecule has 0 amide bonds. The molecule has 3 fully saturated rings. The third kappa shape index (κ3) is 1.93. The summed E-state index contributed by atoms with van der Waals surface area (Å²) in [4.78, 5) is 2.60. The first-order chi connectivity index (χ1) is 7.38. The summed E-state index contributed by atoms with van der Waals surface area (Å²) in [5.41, 5.74) is 0. The zero-order chi connectivity index (χ0) is 10.1. The van der Waals surface area contributed by atoms with Gasteiger partial charge in [0.2, 0.25) is 0 Å². The van der Waals surface area contributed by atoms with Crippen molar-refractivity contribution in [3.05, 3.63) is 0 Å². The zero-order valence-corrected chi connectivity index (χ0v) is 9.41. The van der Waals surface area contributed by atoms with Crippen LogP contribution >= 0.6 is 0 Å². The number of hydrogen-bond donors (Lipinski definition) is 0. The first kappa shape index (κ1) is 10.1. The Morgan fingerprint density at radius 3 is 2.47 bits per heavy atom. The fourth-order valence-corrected chi connectivity index (χ4v) is 3.27. The number of rotatable bonds is 1. The molecule has 2 heterocycles. The monoisotopic (exact) mass is 211 g/mol. The second-order valence-corrected chi connectivity index (χ2v) is 5.12. The van der Waals surface area contributed by atoms with Crippen LogP contribution in [0.1, 0.15) is 38.5 Å². The topological polar surface area (TPSA) is 21.7 Å². The van der Waals surface area contributed by atoms with Gasteiger partial charge in [-0.05, 0) is 12.8 Å². The molecule has 3 aliphatic rings. The molecule has 0 atom stereocenters. The summed E-state index contributed by atoms with van der Waals surface area (Å²) in [5, 5.41) is 0. The normalized spacial score (nSPS) is 32.8. The van der Waals surface area contributed by atoms with Gasteiger partial charge in [-0.15, -0.1) is 0 Å². The lowest BCUT2D eigenvalue weighted by molar-refractivity contribution is -0.147. The molecule has 2 saturated heterocycles. The lowest BCUT2D eigenvalue weighted by Gasteiger charge is -2.31. The van der Waals surface area contributed by atoms with Gasteiger partial charge in [0.15, 0.2) is 5.79 Å². The Hall–Kier alpha value is -0.120. The Morgan fingerprint density at radius 1 is 1.00 bits per heavy atom. The van der Waals surface area contributed by atoms with Crippen LogP contribution in [0.5, 0.6) is 0 Å². The molecule has 2 aliphatic heterocycles. The highest BCUT2D eigenvalue weighted by Crippen LogP contribution is 2.34. The van der Waals surface area contributed by atoms with Gasteiger partial charge >= 0.3 is 0 Å². The number of ether oxygens (including phenoxy) is 2. The summed E-state index contributed by atoms with van der Waals surface area (Å²) in [5.74, 6) is -0.211. The van der Waals surface area contributed by atoms with E-state index in [9.17, 15) is 0 Å². The van der Waals surface area contributed by atoms with E-state index in [4.69, 9.17) is 9.47 Å². The maximum absolute atomic E-state index is 5.76. The van der Waals surface area contributed by atoms with Crippen LogP contribution in [-0.2, 0) is 9.47 Å². The number of nitrogens with zero attached hydrogens (tertiary/aromatic N) is 1. The van der Waals surface area contributed by atoms with Crippen LogP contribution in [0.4, 0.5) is 0 Å². The smallest absolute Gasteiger partial charge is 0.182 e. The summed E-state index contributed by atoms with van der Waals surface area (Å²) in [7, 11) is 0. The molecule has 0 aromatic rings. The Labute approximate surface area is 91.7 Å². The molecule has 0 aromatic heterocycles. The summed E-state index contributed by atoms with van der Waals surface area (Å²) in [6.07, 6.45) is 8.10. The van der Waals surface area contributed by atoms with Crippen LogP contribution in [0.2, 0.25) is 0 Å². The molecule has 3 nitrogen and oxygen atoms in total. The lowest BCUT2D eigenvalue weighted by Crippen LogP contribution is -2.39. The highest BCUT2D eigenvalue weighted by atomic mass is 16.7. The van der Waals surface area contributed by atoms with Crippen LogP contribution in [0.15, 0.2) is 0 Å². The second-order valence-electron chi connectivity index (χ2n) is 5.12. The molecule has 3 heteroatoms. The lowest BCUT2D eigenvalue weighted by atomic mass is 9.94. The van der Waals surface area contributed by atoms with E-state index in [0.717, 1.165) is 32.2 Å². The Bertz CT molecular complexity index is 220. The van der Waals surface area contributed by atoms with Crippen molar-refractivity contribution in [1.29, 1.82) is 0 Å². The van der Waals surface area contributed by atoms with Gasteiger partial charge in [-0.3, -0.25) is 4.90 Å². The molecule has 0 aromatic carbocycles. The summed E-state index contributed by atoms with van der Waals surface area (Å²) in [6.45, 7) is 3.76. The molecular formula is C12H21NO2. The van der Waals surface area contributed by atoms with Crippen molar-refractivity contribution in [2.75, 3.05) is 26.3 Å². The van der Waals surface area contributed by atoms with Crippen molar-refractivity contribution in [3.8, 4) is 0 Å². The standard InChI is InChI=1S/C12H21NO2/c1-2-4-11(5-3-1)13-7-6-12(10-13)14-8-9-15-12/h11H,1-10H2. The predicted molar refractivity (Wildman–Crippen MR) is 57.7 cm³/mol. The van der Waals surface area contributed by atoms with E-state index in [-0.39, 0.29) is 5.79 Å². The molecule has 1 aliphatic carbocycles. The number of hydrogen-bond acceptors (Lipinski definition) is 3. The first-order valence-corrected chi connectivity index (χ1v) is 6.40. The van der Waals surface area contributed by atoms with E-state index >= 15 is 0 Å². The molecule has 0 radical (unpaired) electrons. The van der Waals surface area contributed by atoms with Crippen LogP contribution < -0.4 is 0 Å². The van der Waals surface area contributed by atoms with E-state index < -0.39 is 0 Å². The predicted octanol–water partition coefficient (Wildman–Crippen LogP) is 1.77. The zero-order valence-electron chi connectivity index (χ0n) is 9.41. The fourth-order valence-electron chi connectivity index (χ4n) is 3.27. The molecule has 3 rings (SSSR count). The van der Waals surface area contributed by atoms with Gasteiger partial charge in [-0.2, -0.15) is 0 Å². The minimum absolute atomic E-state index is 0.211. The highest BCUT2D eigenvalue weighted by Gasteiger charge is 2.44. The van der Waals surface area contributed by atoms with Crippen molar-refractivity contribution in [3.63, 3.8) is 0 Å². The maximum Gasteiger partial charge on any atom is 0.182 e. The Morgan fingerprint density at radius 2 is 1.73 bits per heavy atom. The summed E-state index contributed by atoms with van der Waals surface area (Å²) in [6, 6.07) is 0.811. The van der Waals surface area contributed by atoms with Crippen molar-refractivity contribution >= 4 is 0 Å². The molecular weight excluding hydrogens is 190 g/mol. The molecule has 86 valence electrons. The third-order valence-electron chi connectivity index (χ3n) is 4.13. The molecule has 0 bridgehead atoms. The van der Waals surface area contributed by atoms with Crippen LogP contribution in [0.3, 0.4) is 0 Å². The third-order valence-corrected chi connectivity index (χ3v) is 4.13. The largest absolute Gasteiger partial charge is 0.346 e. The van der Waals surface area contributed by atoms with E-state index in [1.807, 2.05) is 0 Å². The molecule has 15 heavy (non-hydrogen) atoms. The fraction of sp³-hybridized carbons (Fsp3) is 1.00. The van der Waals surface area contributed by atoms with Crippen LogP contribution in [-0.4, -0.2) is 43.0 Å². The van der Waals surface area contributed by atoms with E-state index in [1.165, 1.54) is 38.6 Å². The Kier molecular flexibility index (Phi) is 2.71. The first-order valence-electron chi connectivity index (χ1n) is 6.40. The van der Waals surface area contributed by atoms with E-state index in [1.54, 1.807) is 0 Å². The number of likely N-dealkylation sites (tertiary alicyclic amines) is 1. The van der Waals surface area contributed by atoms with Gasteiger partial charge in [0.05, 0.1) is 19.8 Å². The van der Waals surface area contributed by atoms with Gasteiger partial charge in [0, 0.05) is 19.0 Å². The van der Waals surface area contributed by atoms with Crippen molar-refractivity contribution < 1.29 is 9.47 Å². The van der Waals surface area contributed by atoms with Gasteiger partial charge < -0.3 is 9.47 Å². The van der Waals surface area contributed by atoms with E-state index in [0.29, 0.717) is 0 Å². The molecule has 1 saturated carbocycles. The van der Waals surface area contributed by atoms with Crippen molar-refractivity contribution in [2.24, 2.45) is 0 Å². The minimum atomic E-state index is -0.211. The van der Waals surface area contributed by atoms with Gasteiger partial charge in [0.25, 0.3) is 0 Å². The van der Waals surface area contributed by atoms with Gasteiger partial charge in [0.1, 0.15) is 0 Å². The average Bonchev–Trinajstić information content (AvgIpc) is 2.91. The average molecular weight is 211 g/mol. The van der Waals surface area contributed by atoms with Crippen LogP contribution in [0, 0.1) is 0 Å². The molecule has 0 unspecified atom stereocenters. The molecule has 0 N–H and O–H groups in total. The molecule has 1 spiro atoms. The quantitative estimate of drug-likeness (QED) is 0.660.